The molecule has 3 rings (SSSR count). The zero-order chi connectivity index (χ0) is 21.0. The van der Waals surface area contributed by atoms with Gasteiger partial charge in [-0.2, -0.15) is 0 Å². The summed E-state index contributed by atoms with van der Waals surface area (Å²) in [4.78, 5) is 32.0. The molecule has 0 unspecified atom stereocenters. The molecular formula is C23H28ClN3O2. The van der Waals surface area contributed by atoms with Gasteiger partial charge in [-0.3, -0.25) is 14.6 Å². The summed E-state index contributed by atoms with van der Waals surface area (Å²) in [5.41, 5.74) is 2.92. The predicted octanol–water partition coefficient (Wildman–Crippen LogP) is 4.45. The number of rotatable bonds is 5. The Kier molecular flexibility index (Phi) is 6.91. The van der Waals surface area contributed by atoms with E-state index in [1.807, 2.05) is 36.1 Å². The fraction of sp³-hybridized carbons (Fsp3) is 0.435. The van der Waals surface area contributed by atoms with Gasteiger partial charge in [0.15, 0.2) is 0 Å². The lowest BCUT2D eigenvalue weighted by molar-refractivity contribution is 0.0710. The average molecular weight is 414 g/mol. The van der Waals surface area contributed by atoms with Crippen molar-refractivity contribution < 1.29 is 9.59 Å². The Morgan fingerprint density at radius 1 is 1.14 bits per heavy atom. The summed E-state index contributed by atoms with van der Waals surface area (Å²) in [7, 11) is 0. The number of nitrogens with one attached hydrogen (secondary N) is 1. The van der Waals surface area contributed by atoms with E-state index < -0.39 is 0 Å². The van der Waals surface area contributed by atoms with Crippen LogP contribution in [0, 0.1) is 12.8 Å². The van der Waals surface area contributed by atoms with Crippen molar-refractivity contribution in [2.75, 3.05) is 19.6 Å². The summed E-state index contributed by atoms with van der Waals surface area (Å²) in [5, 5.41) is 3.47. The second-order valence-corrected chi connectivity index (χ2v) is 8.44. The number of aromatic nitrogens is 1. The van der Waals surface area contributed by atoms with Gasteiger partial charge < -0.3 is 10.2 Å². The highest BCUT2D eigenvalue weighted by molar-refractivity contribution is 6.33. The molecule has 2 aromatic rings. The molecule has 0 aliphatic carbocycles. The molecule has 0 bridgehead atoms. The maximum Gasteiger partial charge on any atom is 0.255 e. The molecule has 0 spiro atoms. The molecule has 1 N–H and O–H groups in total. The molecule has 1 saturated heterocycles. The Morgan fingerprint density at radius 3 is 2.48 bits per heavy atom. The molecule has 1 fully saturated rings. The second-order valence-electron chi connectivity index (χ2n) is 8.04. The maximum atomic E-state index is 12.8. The van der Waals surface area contributed by atoms with E-state index in [9.17, 15) is 9.59 Å². The lowest BCUT2D eigenvalue weighted by Gasteiger charge is -2.32. The number of carbonyl (C=O) groups excluding carboxylic acids is 2. The highest BCUT2D eigenvalue weighted by atomic mass is 35.5. The van der Waals surface area contributed by atoms with Crippen molar-refractivity contribution in [1.82, 2.24) is 15.2 Å². The monoisotopic (exact) mass is 413 g/mol. The highest BCUT2D eigenvalue weighted by Gasteiger charge is 2.29. The van der Waals surface area contributed by atoms with Gasteiger partial charge in [-0.15, -0.1) is 0 Å². The lowest BCUT2D eigenvalue weighted by atomic mass is 9.89. The molecule has 1 aliphatic rings. The molecule has 1 aliphatic heterocycles. The fourth-order valence-electron chi connectivity index (χ4n) is 3.63. The number of carbonyl (C=O) groups is 2. The largest absolute Gasteiger partial charge is 0.352 e. The Labute approximate surface area is 177 Å². The van der Waals surface area contributed by atoms with Crippen LogP contribution in [0.5, 0.6) is 0 Å². The number of amides is 2. The third kappa shape index (κ3) is 5.15. The zero-order valence-electron chi connectivity index (χ0n) is 17.2. The molecule has 29 heavy (non-hydrogen) atoms. The van der Waals surface area contributed by atoms with Crippen molar-refractivity contribution in [3.05, 3.63) is 63.9 Å². The first-order chi connectivity index (χ1) is 13.9. The molecule has 2 amide bonds. The van der Waals surface area contributed by atoms with Crippen LogP contribution in [0.4, 0.5) is 0 Å². The van der Waals surface area contributed by atoms with E-state index in [0.717, 1.165) is 24.2 Å². The Hall–Kier alpha value is -2.40. The summed E-state index contributed by atoms with van der Waals surface area (Å²) in [6, 6.07) is 10.9. The lowest BCUT2D eigenvalue weighted by Crippen LogP contribution is -2.38. The first kappa shape index (κ1) is 21.3. The number of piperidine rings is 1. The Balaban J connectivity index is 1.72. The van der Waals surface area contributed by atoms with Crippen LogP contribution >= 0.6 is 11.6 Å². The van der Waals surface area contributed by atoms with E-state index in [1.165, 1.54) is 0 Å². The van der Waals surface area contributed by atoms with Crippen molar-refractivity contribution in [2.45, 2.75) is 39.5 Å². The summed E-state index contributed by atoms with van der Waals surface area (Å²) >= 11 is 6.19. The quantitative estimate of drug-likeness (QED) is 0.787. The summed E-state index contributed by atoms with van der Waals surface area (Å²) in [6.45, 7) is 7.96. The summed E-state index contributed by atoms with van der Waals surface area (Å²) < 4.78 is 0. The van der Waals surface area contributed by atoms with E-state index >= 15 is 0 Å². The number of nitrogens with zero attached hydrogens (tertiary/aromatic N) is 2. The van der Waals surface area contributed by atoms with Gasteiger partial charge in [-0.25, -0.2) is 0 Å². The SMILES string of the molecule is Cc1ccc(C(=O)NCC(C)C)c(C2CCN(C(=O)c3ccccc3Cl)CC2)n1. The minimum absolute atomic E-state index is 0.0406. The van der Waals surface area contributed by atoms with E-state index in [2.05, 4.69) is 19.2 Å². The van der Waals surface area contributed by atoms with Gasteiger partial charge in [-0.05, 0) is 49.9 Å². The molecule has 0 saturated carbocycles. The number of pyridine rings is 1. The molecule has 0 radical (unpaired) electrons. The van der Waals surface area contributed by atoms with Crippen LogP contribution in [-0.2, 0) is 0 Å². The molecule has 1 aromatic carbocycles. The van der Waals surface area contributed by atoms with E-state index in [1.54, 1.807) is 12.1 Å². The van der Waals surface area contributed by atoms with E-state index in [-0.39, 0.29) is 17.7 Å². The average Bonchev–Trinajstić information content (AvgIpc) is 2.72. The topological polar surface area (TPSA) is 62.3 Å². The van der Waals surface area contributed by atoms with Gasteiger partial charge in [0, 0.05) is 31.2 Å². The van der Waals surface area contributed by atoms with Gasteiger partial charge in [0.05, 0.1) is 21.8 Å². The van der Waals surface area contributed by atoms with Gasteiger partial charge in [0.2, 0.25) is 0 Å². The van der Waals surface area contributed by atoms with Crippen molar-refractivity contribution in [2.24, 2.45) is 5.92 Å². The molecule has 2 heterocycles. The van der Waals surface area contributed by atoms with Gasteiger partial charge in [0.1, 0.15) is 0 Å². The smallest absolute Gasteiger partial charge is 0.255 e. The van der Waals surface area contributed by atoms with Crippen LogP contribution < -0.4 is 5.32 Å². The van der Waals surface area contributed by atoms with Crippen LogP contribution in [-0.4, -0.2) is 41.3 Å². The van der Waals surface area contributed by atoms with Crippen LogP contribution in [0.15, 0.2) is 36.4 Å². The highest BCUT2D eigenvalue weighted by Crippen LogP contribution is 2.30. The third-order valence-corrected chi connectivity index (χ3v) is 5.58. The fourth-order valence-corrected chi connectivity index (χ4v) is 3.85. The van der Waals surface area contributed by atoms with Gasteiger partial charge in [0.25, 0.3) is 11.8 Å². The van der Waals surface area contributed by atoms with E-state index in [0.29, 0.717) is 41.7 Å². The Bertz CT molecular complexity index is 889. The number of halogens is 1. The maximum absolute atomic E-state index is 12.8. The van der Waals surface area contributed by atoms with Crippen LogP contribution in [0.3, 0.4) is 0 Å². The molecular weight excluding hydrogens is 386 g/mol. The van der Waals surface area contributed by atoms with Crippen molar-refractivity contribution in [3.8, 4) is 0 Å². The molecule has 1 aromatic heterocycles. The molecule has 154 valence electrons. The third-order valence-electron chi connectivity index (χ3n) is 5.25. The minimum atomic E-state index is -0.0734. The summed E-state index contributed by atoms with van der Waals surface area (Å²) in [5.74, 6) is 0.432. The number of hydrogen-bond acceptors (Lipinski definition) is 3. The van der Waals surface area contributed by atoms with Crippen LogP contribution in [0.2, 0.25) is 5.02 Å². The van der Waals surface area contributed by atoms with Gasteiger partial charge in [-0.1, -0.05) is 37.6 Å². The van der Waals surface area contributed by atoms with Crippen LogP contribution in [0.25, 0.3) is 0 Å². The number of hydrogen-bond donors (Lipinski definition) is 1. The van der Waals surface area contributed by atoms with Crippen molar-refractivity contribution >= 4 is 23.4 Å². The van der Waals surface area contributed by atoms with Crippen LogP contribution in [0.1, 0.15) is 64.7 Å². The van der Waals surface area contributed by atoms with Gasteiger partial charge >= 0.3 is 0 Å². The standard InChI is InChI=1S/C23H28ClN3O2/c1-15(2)14-25-22(28)19-9-8-16(3)26-21(19)17-10-12-27(13-11-17)23(29)18-6-4-5-7-20(18)24/h4-9,15,17H,10-14H2,1-3H3,(H,25,28). The predicted molar refractivity (Wildman–Crippen MR) is 115 cm³/mol. The van der Waals surface area contributed by atoms with Crippen molar-refractivity contribution in [3.63, 3.8) is 0 Å². The second kappa shape index (κ2) is 9.40. The number of aryl methyl sites for hydroxylation is 1. The van der Waals surface area contributed by atoms with E-state index in [4.69, 9.17) is 16.6 Å². The normalized spacial score (nSPS) is 14.9. The number of likely N-dealkylation sites (tertiary alicyclic amines) is 1. The first-order valence-electron chi connectivity index (χ1n) is 10.2. The number of benzene rings is 1. The molecule has 0 atom stereocenters. The first-order valence-corrected chi connectivity index (χ1v) is 10.5. The molecule has 6 heteroatoms. The summed E-state index contributed by atoms with van der Waals surface area (Å²) in [6.07, 6.45) is 1.55. The zero-order valence-corrected chi connectivity index (χ0v) is 18.0. The Morgan fingerprint density at radius 2 is 1.83 bits per heavy atom. The molecule has 5 nitrogen and oxygen atoms in total. The minimum Gasteiger partial charge on any atom is -0.352 e. The van der Waals surface area contributed by atoms with Crippen molar-refractivity contribution in [1.29, 1.82) is 0 Å².